The smallest absolute Gasteiger partial charge is 0.191 e. The Bertz CT molecular complexity index is 817. The molecule has 2 N–H and O–H groups in total. The van der Waals surface area contributed by atoms with Crippen molar-refractivity contribution in [3.63, 3.8) is 0 Å². The second kappa shape index (κ2) is 10.7. The lowest BCUT2D eigenvalue weighted by Gasteiger charge is -2.14. The van der Waals surface area contributed by atoms with Crippen LogP contribution in [-0.4, -0.2) is 48.5 Å². The second-order valence-corrected chi connectivity index (χ2v) is 7.13. The summed E-state index contributed by atoms with van der Waals surface area (Å²) in [7, 11) is 5.09. The predicted octanol–water partition coefficient (Wildman–Crippen LogP) is 2.32. The fraction of sp³-hybridized carbons (Fsp3) is 0.571. The molecule has 1 aromatic heterocycles. The molecule has 0 bridgehead atoms. The first kappa shape index (κ1) is 21.0. The Morgan fingerprint density at radius 1 is 1.14 bits per heavy atom. The summed E-state index contributed by atoms with van der Waals surface area (Å²) in [5, 5.41) is 15.5. The molecule has 0 aliphatic carbocycles. The molecule has 8 heteroatoms. The number of aryl methyl sites for hydroxylation is 2. The molecule has 2 heterocycles. The number of methoxy groups -OCH3 is 2. The number of hydrogen-bond donors (Lipinski definition) is 2. The maximum Gasteiger partial charge on any atom is 0.191 e. The Kier molecular flexibility index (Phi) is 7.72. The van der Waals surface area contributed by atoms with Crippen LogP contribution in [0.1, 0.15) is 42.9 Å². The highest BCUT2D eigenvalue weighted by atomic mass is 16.5. The molecule has 3 rings (SSSR count). The van der Waals surface area contributed by atoms with Crippen LogP contribution in [0.25, 0.3) is 0 Å². The van der Waals surface area contributed by atoms with Gasteiger partial charge in [-0.3, -0.25) is 4.99 Å². The van der Waals surface area contributed by atoms with Crippen molar-refractivity contribution in [1.82, 2.24) is 25.4 Å². The van der Waals surface area contributed by atoms with Gasteiger partial charge in [0.15, 0.2) is 5.96 Å². The third-order valence-electron chi connectivity index (χ3n) is 5.22. The maximum absolute atomic E-state index is 5.45. The van der Waals surface area contributed by atoms with Gasteiger partial charge in [0.1, 0.15) is 23.1 Å². The lowest BCUT2D eigenvalue weighted by Crippen LogP contribution is -2.37. The molecule has 0 unspecified atom stereocenters. The van der Waals surface area contributed by atoms with Gasteiger partial charge in [-0.05, 0) is 31.4 Å². The van der Waals surface area contributed by atoms with Crippen LogP contribution >= 0.6 is 0 Å². The van der Waals surface area contributed by atoms with Crippen LogP contribution in [0.3, 0.4) is 0 Å². The van der Waals surface area contributed by atoms with Crippen molar-refractivity contribution in [2.24, 2.45) is 4.99 Å². The molecule has 1 aliphatic rings. The Balaban J connectivity index is 1.45. The van der Waals surface area contributed by atoms with Crippen LogP contribution in [0, 0.1) is 0 Å². The summed E-state index contributed by atoms with van der Waals surface area (Å²) in [5.74, 6) is 4.59. The lowest BCUT2D eigenvalue weighted by atomic mass is 10.2. The van der Waals surface area contributed by atoms with Crippen molar-refractivity contribution < 1.29 is 9.47 Å². The Labute approximate surface area is 172 Å². The number of benzene rings is 1. The molecule has 1 aromatic carbocycles. The number of nitrogens with zero attached hydrogens (tertiary/aromatic N) is 4. The van der Waals surface area contributed by atoms with E-state index in [0.29, 0.717) is 6.54 Å². The molecule has 0 saturated heterocycles. The molecule has 0 saturated carbocycles. The summed E-state index contributed by atoms with van der Waals surface area (Å²) in [4.78, 5) is 4.31. The van der Waals surface area contributed by atoms with E-state index in [-0.39, 0.29) is 0 Å². The highest BCUT2D eigenvalue weighted by molar-refractivity contribution is 5.79. The monoisotopic (exact) mass is 400 g/mol. The Morgan fingerprint density at radius 2 is 2.03 bits per heavy atom. The van der Waals surface area contributed by atoms with Crippen molar-refractivity contribution in [3.8, 4) is 11.5 Å². The van der Waals surface area contributed by atoms with Crippen LogP contribution in [-0.2, 0) is 25.9 Å². The van der Waals surface area contributed by atoms with E-state index < -0.39 is 0 Å². The van der Waals surface area contributed by atoms with Gasteiger partial charge in [0.25, 0.3) is 0 Å². The minimum absolute atomic E-state index is 0.616. The van der Waals surface area contributed by atoms with Crippen molar-refractivity contribution >= 4 is 5.96 Å². The van der Waals surface area contributed by atoms with Gasteiger partial charge in [0.2, 0.25) is 0 Å². The molecule has 1 aliphatic heterocycles. The summed E-state index contributed by atoms with van der Waals surface area (Å²) in [6, 6.07) is 5.81. The average molecular weight is 401 g/mol. The highest BCUT2D eigenvalue weighted by Gasteiger charge is 2.14. The van der Waals surface area contributed by atoms with Crippen LogP contribution in [0.15, 0.2) is 23.2 Å². The SMILES string of the molecule is CN=C(NCCCc1nnc2n1CCCCC2)NCc1ccc(OC)cc1OC. The first-order chi connectivity index (χ1) is 14.2. The van der Waals surface area contributed by atoms with E-state index in [0.717, 1.165) is 67.0 Å². The zero-order valence-electron chi connectivity index (χ0n) is 17.7. The van der Waals surface area contributed by atoms with Crippen LogP contribution in [0.4, 0.5) is 0 Å². The highest BCUT2D eigenvalue weighted by Crippen LogP contribution is 2.24. The third kappa shape index (κ3) is 5.62. The fourth-order valence-corrected chi connectivity index (χ4v) is 3.58. The van der Waals surface area contributed by atoms with E-state index in [1.807, 2.05) is 18.2 Å². The van der Waals surface area contributed by atoms with E-state index >= 15 is 0 Å². The van der Waals surface area contributed by atoms with E-state index in [1.165, 1.54) is 19.3 Å². The normalized spacial score (nSPS) is 14.1. The molecule has 8 nitrogen and oxygen atoms in total. The quantitative estimate of drug-likeness (QED) is 0.402. The van der Waals surface area contributed by atoms with E-state index in [2.05, 4.69) is 30.4 Å². The summed E-state index contributed by atoms with van der Waals surface area (Å²) in [6.45, 7) is 2.49. The van der Waals surface area contributed by atoms with Crippen molar-refractivity contribution in [2.45, 2.75) is 51.6 Å². The number of aromatic nitrogens is 3. The van der Waals surface area contributed by atoms with E-state index in [9.17, 15) is 0 Å². The van der Waals surface area contributed by atoms with E-state index in [1.54, 1.807) is 21.3 Å². The number of guanidine groups is 1. The molecule has 29 heavy (non-hydrogen) atoms. The van der Waals surface area contributed by atoms with Gasteiger partial charge in [-0.25, -0.2) is 0 Å². The first-order valence-electron chi connectivity index (χ1n) is 10.3. The molecule has 0 atom stereocenters. The number of fused-ring (bicyclic) bond motifs is 1. The molecular formula is C21H32N6O2. The van der Waals surface area contributed by atoms with Gasteiger partial charge in [-0.2, -0.15) is 0 Å². The molecule has 2 aromatic rings. The van der Waals surface area contributed by atoms with Gasteiger partial charge in [0, 0.05) is 51.2 Å². The first-order valence-corrected chi connectivity index (χ1v) is 10.3. The van der Waals surface area contributed by atoms with Crippen molar-refractivity contribution in [2.75, 3.05) is 27.8 Å². The number of nitrogens with one attached hydrogen (secondary N) is 2. The minimum Gasteiger partial charge on any atom is -0.497 e. The minimum atomic E-state index is 0.616. The zero-order chi connectivity index (χ0) is 20.5. The fourth-order valence-electron chi connectivity index (χ4n) is 3.58. The van der Waals surface area contributed by atoms with Gasteiger partial charge in [0.05, 0.1) is 14.2 Å². The molecule has 0 amide bonds. The zero-order valence-corrected chi connectivity index (χ0v) is 17.7. The maximum atomic E-state index is 5.45. The Morgan fingerprint density at radius 3 is 2.83 bits per heavy atom. The van der Waals surface area contributed by atoms with Gasteiger partial charge < -0.3 is 24.7 Å². The topological polar surface area (TPSA) is 85.6 Å². The number of hydrogen-bond acceptors (Lipinski definition) is 5. The second-order valence-electron chi connectivity index (χ2n) is 7.13. The largest absolute Gasteiger partial charge is 0.497 e. The molecular weight excluding hydrogens is 368 g/mol. The lowest BCUT2D eigenvalue weighted by molar-refractivity contribution is 0.390. The van der Waals surface area contributed by atoms with Crippen LogP contribution < -0.4 is 20.1 Å². The summed E-state index contributed by atoms with van der Waals surface area (Å²) in [6.07, 6.45) is 6.68. The predicted molar refractivity (Wildman–Crippen MR) is 114 cm³/mol. The molecule has 0 spiro atoms. The summed E-state index contributed by atoms with van der Waals surface area (Å²) in [5.41, 5.74) is 1.04. The summed E-state index contributed by atoms with van der Waals surface area (Å²) >= 11 is 0. The van der Waals surface area contributed by atoms with Gasteiger partial charge >= 0.3 is 0 Å². The van der Waals surface area contributed by atoms with Crippen LogP contribution in [0.2, 0.25) is 0 Å². The number of aliphatic imine (C=N–C) groups is 1. The molecule has 0 radical (unpaired) electrons. The number of rotatable bonds is 8. The van der Waals surface area contributed by atoms with Crippen molar-refractivity contribution in [1.29, 1.82) is 0 Å². The van der Waals surface area contributed by atoms with E-state index in [4.69, 9.17) is 9.47 Å². The summed E-state index contributed by atoms with van der Waals surface area (Å²) < 4.78 is 13.0. The average Bonchev–Trinajstić information content (AvgIpc) is 2.98. The van der Waals surface area contributed by atoms with Gasteiger partial charge in [-0.15, -0.1) is 10.2 Å². The van der Waals surface area contributed by atoms with Crippen molar-refractivity contribution in [3.05, 3.63) is 35.4 Å². The number of ether oxygens (including phenoxy) is 2. The molecule has 158 valence electrons. The Hall–Kier alpha value is -2.77. The van der Waals surface area contributed by atoms with Gasteiger partial charge in [-0.1, -0.05) is 6.42 Å². The standard InChI is InChI=1S/C21H32N6O2/c1-22-21(24-15-16-10-11-17(28-2)14-18(16)29-3)23-12-7-9-20-26-25-19-8-5-4-6-13-27(19)20/h10-11,14H,4-9,12-13,15H2,1-3H3,(H2,22,23,24). The molecule has 0 fully saturated rings. The van der Waals surface area contributed by atoms with Crippen LogP contribution in [0.5, 0.6) is 11.5 Å². The third-order valence-corrected chi connectivity index (χ3v) is 5.22.